The van der Waals surface area contributed by atoms with Crippen LogP contribution in [0.4, 0.5) is 0 Å². The third-order valence-electron chi connectivity index (χ3n) is 4.47. The Bertz CT molecular complexity index is 643. The maximum Gasteiger partial charge on any atom is 0.224 e. The lowest BCUT2D eigenvalue weighted by Gasteiger charge is -2.14. The molecule has 0 bridgehead atoms. The average molecular weight is 302 g/mol. The first-order valence-electron chi connectivity index (χ1n) is 7.52. The van der Waals surface area contributed by atoms with Gasteiger partial charge in [0.15, 0.2) is 0 Å². The summed E-state index contributed by atoms with van der Waals surface area (Å²) >= 11 is 5.82. The molecule has 1 aliphatic rings. The molecule has 0 saturated heterocycles. The Morgan fingerprint density at radius 3 is 2.67 bits per heavy atom. The summed E-state index contributed by atoms with van der Waals surface area (Å²) in [5.74, 6) is 0.784. The van der Waals surface area contributed by atoms with Gasteiger partial charge in [-0.3, -0.25) is 4.79 Å². The van der Waals surface area contributed by atoms with Gasteiger partial charge in [-0.1, -0.05) is 42.5 Å². The molecular formula is C18H20ClNO. The van der Waals surface area contributed by atoms with Gasteiger partial charge in [-0.25, -0.2) is 0 Å². The summed E-state index contributed by atoms with van der Waals surface area (Å²) in [6.45, 7) is 0.767. The second-order valence-corrected chi connectivity index (χ2v) is 6.41. The SMILES string of the molecule is O=C(Cc1cccc2ccccc12)NCC1(CCCl)CC1. The number of carbonyl (C=O) groups excluding carboxylic acids is 1. The minimum absolute atomic E-state index is 0.104. The van der Waals surface area contributed by atoms with Crippen LogP contribution in [-0.4, -0.2) is 18.3 Å². The number of halogens is 1. The van der Waals surface area contributed by atoms with E-state index in [4.69, 9.17) is 11.6 Å². The first-order valence-corrected chi connectivity index (χ1v) is 8.05. The Balaban J connectivity index is 1.64. The van der Waals surface area contributed by atoms with E-state index < -0.39 is 0 Å². The summed E-state index contributed by atoms with van der Waals surface area (Å²) in [5.41, 5.74) is 1.38. The summed E-state index contributed by atoms with van der Waals surface area (Å²) < 4.78 is 0. The van der Waals surface area contributed by atoms with Crippen LogP contribution in [-0.2, 0) is 11.2 Å². The van der Waals surface area contributed by atoms with Gasteiger partial charge in [-0.2, -0.15) is 0 Å². The molecule has 21 heavy (non-hydrogen) atoms. The summed E-state index contributed by atoms with van der Waals surface area (Å²) in [6.07, 6.45) is 3.82. The Morgan fingerprint density at radius 1 is 1.14 bits per heavy atom. The highest BCUT2D eigenvalue weighted by molar-refractivity contribution is 6.17. The molecular weight excluding hydrogens is 282 g/mol. The molecule has 1 amide bonds. The van der Waals surface area contributed by atoms with Gasteiger partial charge < -0.3 is 5.32 Å². The second kappa shape index (κ2) is 6.07. The lowest BCUT2D eigenvalue weighted by molar-refractivity contribution is -0.120. The van der Waals surface area contributed by atoms with Gasteiger partial charge >= 0.3 is 0 Å². The van der Waals surface area contributed by atoms with E-state index in [2.05, 4.69) is 23.5 Å². The average Bonchev–Trinajstić information content (AvgIpc) is 3.26. The van der Waals surface area contributed by atoms with Gasteiger partial charge in [0.05, 0.1) is 6.42 Å². The molecule has 2 nitrogen and oxygen atoms in total. The molecule has 0 aromatic heterocycles. The van der Waals surface area contributed by atoms with Gasteiger partial charge in [-0.15, -0.1) is 11.6 Å². The van der Waals surface area contributed by atoms with E-state index in [1.165, 1.54) is 18.2 Å². The molecule has 1 aliphatic carbocycles. The largest absolute Gasteiger partial charge is 0.355 e. The van der Waals surface area contributed by atoms with E-state index in [0.717, 1.165) is 23.9 Å². The lowest BCUT2D eigenvalue weighted by Crippen LogP contribution is -2.31. The molecule has 0 heterocycles. The van der Waals surface area contributed by atoms with Crippen LogP contribution >= 0.6 is 11.6 Å². The number of fused-ring (bicyclic) bond motifs is 1. The molecule has 2 aromatic rings. The molecule has 0 unspecified atom stereocenters. The van der Waals surface area contributed by atoms with Crippen molar-refractivity contribution >= 4 is 28.3 Å². The highest BCUT2D eigenvalue weighted by atomic mass is 35.5. The maximum absolute atomic E-state index is 12.2. The molecule has 1 saturated carbocycles. The third-order valence-corrected chi connectivity index (χ3v) is 4.66. The molecule has 0 radical (unpaired) electrons. The predicted octanol–water partition coefficient (Wildman–Crippen LogP) is 3.91. The third kappa shape index (κ3) is 3.38. The van der Waals surface area contributed by atoms with Crippen LogP contribution in [0.25, 0.3) is 10.8 Å². The van der Waals surface area contributed by atoms with Crippen molar-refractivity contribution in [1.82, 2.24) is 5.32 Å². The van der Waals surface area contributed by atoms with E-state index >= 15 is 0 Å². The Kier molecular flexibility index (Phi) is 4.16. The molecule has 1 fully saturated rings. The number of rotatable bonds is 6. The van der Waals surface area contributed by atoms with Crippen LogP contribution in [0.1, 0.15) is 24.8 Å². The van der Waals surface area contributed by atoms with Crippen LogP contribution < -0.4 is 5.32 Å². The summed E-state index contributed by atoms with van der Waals surface area (Å²) in [6, 6.07) is 14.3. The zero-order valence-corrected chi connectivity index (χ0v) is 12.8. The van der Waals surface area contributed by atoms with Gasteiger partial charge in [0.1, 0.15) is 0 Å². The maximum atomic E-state index is 12.2. The molecule has 3 rings (SSSR count). The van der Waals surface area contributed by atoms with Crippen molar-refractivity contribution in [3.05, 3.63) is 48.0 Å². The highest BCUT2D eigenvalue weighted by Crippen LogP contribution is 2.48. The van der Waals surface area contributed by atoms with Crippen LogP contribution in [0.15, 0.2) is 42.5 Å². The quantitative estimate of drug-likeness (QED) is 0.805. The highest BCUT2D eigenvalue weighted by Gasteiger charge is 2.41. The topological polar surface area (TPSA) is 29.1 Å². The number of hydrogen-bond acceptors (Lipinski definition) is 1. The van der Waals surface area contributed by atoms with Gasteiger partial charge in [0.2, 0.25) is 5.91 Å². The number of nitrogens with one attached hydrogen (secondary N) is 1. The zero-order chi connectivity index (χ0) is 14.7. The van der Waals surface area contributed by atoms with Crippen LogP contribution in [0.2, 0.25) is 0 Å². The van der Waals surface area contributed by atoms with Gasteiger partial charge in [-0.05, 0) is 41.0 Å². The van der Waals surface area contributed by atoms with Gasteiger partial charge in [0.25, 0.3) is 0 Å². The molecule has 0 aliphatic heterocycles. The number of hydrogen-bond donors (Lipinski definition) is 1. The first-order chi connectivity index (χ1) is 10.2. The number of alkyl halides is 1. The first kappa shape index (κ1) is 14.4. The summed E-state index contributed by atoms with van der Waals surface area (Å²) in [7, 11) is 0. The van der Waals surface area contributed by atoms with E-state index in [9.17, 15) is 4.79 Å². The van der Waals surface area contributed by atoms with Crippen molar-refractivity contribution in [2.24, 2.45) is 5.41 Å². The number of benzene rings is 2. The lowest BCUT2D eigenvalue weighted by atomic mass is 10.0. The minimum atomic E-state index is 0.104. The smallest absolute Gasteiger partial charge is 0.224 e. The standard InChI is InChI=1S/C18H20ClNO/c19-11-10-18(8-9-18)13-20-17(21)12-15-6-3-5-14-4-1-2-7-16(14)15/h1-7H,8-13H2,(H,20,21). The van der Waals surface area contributed by atoms with Crippen LogP contribution in [0.5, 0.6) is 0 Å². The fourth-order valence-corrected chi connectivity index (χ4v) is 3.26. The van der Waals surface area contributed by atoms with Crippen molar-refractivity contribution in [2.45, 2.75) is 25.7 Å². The zero-order valence-electron chi connectivity index (χ0n) is 12.1. The molecule has 1 N–H and O–H groups in total. The molecule has 0 spiro atoms. The van der Waals surface area contributed by atoms with Crippen molar-refractivity contribution in [1.29, 1.82) is 0 Å². The van der Waals surface area contributed by atoms with E-state index in [-0.39, 0.29) is 11.3 Å². The Morgan fingerprint density at radius 2 is 1.90 bits per heavy atom. The van der Waals surface area contributed by atoms with Crippen molar-refractivity contribution in [2.75, 3.05) is 12.4 Å². The second-order valence-electron chi connectivity index (χ2n) is 6.03. The summed E-state index contributed by atoms with van der Waals surface area (Å²) in [4.78, 5) is 12.2. The van der Waals surface area contributed by atoms with E-state index in [1.807, 2.05) is 24.3 Å². The summed E-state index contributed by atoms with van der Waals surface area (Å²) in [5, 5.41) is 5.43. The predicted molar refractivity (Wildman–Crippen MR) is 87.7 cm³/mol. The molecule has 2 aromatic carbocycles. The normalized spacial score (nSPS) is 15.9. The van der Waals surface area contributed by atoms with E-state index in [1.54, 1.807) is 0 Å². The Labute approximate surface area is 130 Å². The molecule has 0 atom stereocenters. The number of amides is 1. The van der Waals surface area contributed by atoms with Gasteiger partial charge in [0, 0.05) is 12.4 Å². The van der Waals surface area contributed by atoms with E-state index in [0.29, 0.717) is 12.3 Å². The van der Waals surface area contributed by atoms with Crippen molar-refractivity contribution in [3.63, 3.8) is 0 Å². The number of carbonyl (C=O) groups is 1. The fourth-order valence-electron chi connectivity index (χ4n) is 2.86. The molecule has 3 heteroatoms. The Hall–Kier alpha value is -1.54. The van der Waals surface area contributed by atoms with Crippen molar-refractivity contribution < 1.29 is 4.79 Å². The fraction of sp³-hybridized carbons (Fsp3) is 0.389. The van der Waals surface area contributed by atoms with Crippen molar-refractivity contribution in [3.8, 4) is 0 Å². The monoisotopic (exact) mass is 301 g/mol. The molecule has 110 valence electrons. The van der Waals surface area contributed by atoms with Crippen LogP contribution in [0.3, 0.4) is 0 Å². The van der Waals surface area contributed by atoms with Crippen LogP contribution in [0, 0.1) is 5.41 Å². The minimum Gasteiger partial charge on any atom is -0.355 e.